The van der Waals surface area contributed by atoms with Crippen LogP contribution in [-0.2, 0) is 11.3 Å². The zero-order chi connectivity index (χ0) is 26.2. The van der Waals surface area contributed by atoms with Crippen LogP contribution in [0.3, 0.4) is 0 Å². The Morgan fingerprint density at radius 3 is 2.49 bits per heavy atom. The lowest BCUT2D eigenvalue weighted by atomic mass is 9.44. The molecule has 5 rings (SSSR count). The Kier molecular flexibility index (Phi) is 7.90. The molecule has 1 unspecified atom stereocenters. The number of ether oxygens (including phenoxy) is 1. The fourth-order valence-corrected chi connectivity index (χ4v) is 10.3. The molecule has 0 bridgehead atoms. The van der Waals surface area contributed by atoms with E-state index in [-0.39, 0.29) is 0 Å². The highest BCUT2D eigenvalue weighted by atomic mass is 16.5. The second-order valence-corrected chi connectivity index (χ2v) is 14.3. The molecule has 4 N–H and O–H groups in total. The average molecular weight is 507 g/mol. The van der Waals surface area contributed by atoms with Crippen molar-refractivity contribution in [1.82, 2.24) is 0 Å². The molecule has 0 heterocycles. The van der Waals surface area contributed by atoms with Gasteiger partial charge in [0.25, 0.3) is 0 Å². The maximum atomic E-state index is 5.90. The van der Waals surface area contributed by atoms with E-state index in [1.165, 1.54) is 76.2 Å². The molecular formula is C34H54N2O. The van der Waals surface area contributed by atoms with E-state index >= 15 is 0 Å². The molecule has 0 saturated heterocycles. The van der Waals surface area contributed by atoms with Gasteiger partial charge in [-0.05, 0) is 147 Å². The predicted molar refractivity (Wildman–Crippen MR) is 157 cm³/mol. The normalized spacial score (nSPS) is 38.4. The van der Waals surface area contributed by atoms with Gasteiger partial charge in [0.15, 0.2) is 0 Å². The Hall–Kier alpha value is -1.64. The van der Waals surface area contributed by atoms with Gasteiger partial charge < -0.3 is 16.2 Å². The fraction of sp³-hybridized carbons (Fsp3) is 0.765. The van der Waals surface area contributed by atoms with Gasteiger partial charge in [-0.15, -0.1) is 0 Å². The topological polar surface area (TPSA) is 61.3 Å². The van der Waals surface area contributed by atoms with Crippen molar-refractivity contribution in [2.45, 2.75) is 118 Å². The molecule has 3 heteroatoms. The maximum absolute atomic E-state index is 5.90. The van der Waals surface area contributed by atoms with E-state index in [1.807, 2.05) is 18.4 Å². The van der Waals surface area contributed by atoms with Gasteiger partial charge in [-0.3, -0.25) is 0 Å². The fourth-order valence-electron chi connectivity index (χ4n) is 10.3. The SMILES string of the molecule is CC(=COCc1cc(N)cc(N)c1)CCC[C@@H](C)[C@H]1CC[C@H]2[C@@H]3CCC4CCCC[C@]4(C)[C@H]3CC[C@]12C. The van der Waals surface area contributed by atoms with Gasteiger partial charge in [0.2, 0.25) is 0 Å². The summed E-state index contributed by atoms with van der Waals surface area (Å²) in [6.07, 6.45) is 20.8. The van der Waals surface area contributed by atoms with Gasteiger partial charge in [0.1, 0.15) is 6.61 Å². The summed E-state index contributed by atoms with van der Waals surface area (Å²) in [4.78, 5) is 0. The number of nitrogens with two attached hydrogens (primary N) is 2. The third-order valence-electron chi connectivity index (χ3n) is 12.1. The Morgan fingerprint density at radius 1 is 0.946 bits per heavy atom. The van der Waals surface area contributed by atoms with E-state index in [9.17, 15) is 0 Å². The van der Waals surface area contributed by atoms with Crippen molar-refractivity contribution in [3.63, 3.8) is 0 Å². The van der Waals surface area contributed by atoms with Gasteiger partial charge in [0, 0.05) is 11.4 Å². The van der Waals surface area contributed by atoms with Crippen LogP contribution in [-0.4, -0.2) is 0 Å². The Balaban J connectivity index is 1.12. The number of rotatable bonds is 8. The molecule has 4 fully saturated rings. The largest absolute Gasteiger partial charge is 0.497 e. The van der Waals surface area contributed by atoms with E-state index in [4.69, 9.17) is 16.2 Å². The molecule has 0 spiro atoms. The lowest BCUT2D eigenvalue weighted by Crippen LogP contribution is -2.53. The molecule has 37 heavy (non-hydrogen) atoms. The first-order chi connectivity index (χ1) is 17.7. The Bertz CT molecular complexity index is 950. The number of hydrogen-bond donors (Lipinski definition) is 2. The highest BCUT2D eigenvalue weighted by molar-refractivity contribution is 5.54. The van der Waals surface area contributed by atoms with Crippen LogP contribution in [0, 0.1) is 46.3 Å². The molecule has 0 radical (unpaired) electrons. The summed E-state index contributed by atoms with van der Waals surface area (Å²) >= 11 is 0. The minimum Gasteiger partial charge on any atom is -0.497 e. The van der Waals surface area contributed by atoms with Crippen LogP contribution in [0.2, 0.25) is 0 Å². The lowest BCUT2D eigenvalue weighted by Gasteiger charge is -2.61. The van der Waals surface area contributed by atoms with Crippen molar-refractivity contribution >= 4 is 11.4 Å². The summed E-state index contributed by atoms with van der Waals surface area (Å²) in [5.41, 5.74) is 16.8. The predicted octanol–water partition coefficient (Wildman–Crippen LogP) is 9.13. The molecule has 0 amide bonds. The second-order valence-electron chi connectivity index (χ2n) is 14.3. The summed E-state index contributed by atoms with van der Waals surface area (Å²) in [5.74, 6) is 5.83. The van der Waals surface area contributed by atoms with Crippen molar-refractivity contribution in [2.24, 2.45) is 46.3 Å². The van der Waals surface area contributed by atoms with E-state index in [1.54, 1.807) is 12.5 Å². The van der Waals surface area contributed by atoms with Crippen LogP contribution in [0.5, 0.6) is 0 Å². The van der Waals surface area contributed by atoms with Crippen LogP contribution >= 0.6 is 0 Å². The summed E-state index contributed by atoms with van der Waals surface area (Å²) in [6.45, 7) is 10.7. The summed E-state index contributed by atoms with van der Waals surface area (Å²) in [5, 5.41) is 0. The highest BCUT2D eigenvalue weighted by Crippen LogP contribution is 2.68. The first-order valence-electron chi connectivity index (χ1n) is 15.6. The lowest BCUT2D eigenvalue weighted by molar-refractivity contribution is -0.114. The van der Waals surface area contributed by atoms with Gasteiger partial charge >= 0.3 is 0 Å². The van der Waals surface area contributed by atoms with E-state index < -0.39 is 0 Å². The summed E-state index contributed by atoms with van der Waals surface area (Å²) in [7, 11) is 0. The van der Waals surface area contributed by atoms with Gasteiger partial charge in [0.05, 0.1) is 6.26 Å². The summed E-state index contributed by atoms with van der Waals surface area (Å²) in [6, 6.07) is 5.66. The minimum absolute atomic E-state index is 0.521. The Morgan fingerprint density at radius 2 is 1.70 bits per heavy atom. The van der Waals surface area contributed by atoms with Gasteiger partial charge in [-0.2, -0.15) is 0 Å². The molecule has 1 aromatic carbocycles. The van der Waals surface area contributed by atoms with E-state index in [0.29, 0.717) is 28.8 Å². The standard InChI is InChI=1S/C34H54N2O/c1-23(21-37-22-25-18-27(35)20-28(36)19-25)8-7-9-24(2)30-13-14-31-29-12-11-26-10-5-6-16-33(26,3)32(29)15-17-34(30,31)4/h18-21,24,26,29-32H,5-17,22,35-36H2,1-4H3/t24-,26?,29+,30-,31+,32+,33+,34-/m1/s1. The van der Waals surface area contributed by atoms with Crippen molar-refractivity contribution in [3.05, 3.63) is 35.6 Å². The number of allylic oxidation sites excluding steroid dienone is 1. The molecular weight excluding hydrogens is 452 g/mol. The maximum Gasteiger partial charge on any atom is 0.113 e. The first kappa shape index (κ1) is 26.9. The van der Waals surface area contributed by atoms with Crippen molar-refractivity contribution in [2.75, 3.05) is 11.5 Å². The zero-order valence-corrected chi connectivity index (χ0v) is 24.2. The van der Waals surface area contributed by atoms with Crippen LogP contribution in [0.25, 0.3) is 0 Å². The number of benzene rings is 1. The van der Waals surface area contributed by atoms with Crippen molar-refractivity contribution < 1.29 is 4.74 Å². The molecule has 4 saturated carbocycles. The molecule has 3 nitrogen and oxygen atoms in total. The number of hydrogen-bond acceptors (Lipinski definition) is 3. The third kappa shape index (κ3) is 5.30. The second kappa shape index (κ2) is 10.9. The third-order valence-corrected chi connectivity index (χ3v) is 12.1. The van der Waals surface area contributed by atoms with E-state index in [0.717, 1.165) is 47.5 Å². The quantitative estimate of drug-likeness (QED) is 0.273. The minimum atomic E-state index is 0.521. The first-order valence-corrected chi connectivity index (χ1v) is 15.6. The van der Waals surface area contributed by atoms with Gasteiger partial charge in [-0.25, -0.2) is 0 Å². The molecule has 206 valence electrons. The highest BCUT2D eigenvalue weighted by Gasteiger charge is 2.60. The summed E-state index contributed by atoms with van der Waals surface area (Å²) < 4.78 is 5.86. The molecule has 0 aromatic heterocycles. The monoisotopic (exact) mass is 506 g/mol. The van der Waals surface area contributed by atoms with E-state index in [2.05, 4.69) is 27.7 Å². The number of anilines is 2. The van der Waals surface area contributed by atoms with Gasteiger partial charge in [-0.1, -0.05) is 40.0 Å². The van der Waals surface area contributed by atoms with Crippen LogP contribution in [0.4, 0.5) is 11.4 Å². The van der Waals surface area contributed by atoms with Crippen LogP contribution in [0.1, 0.15) is 117 Å². The zero-order valence-electron chi connectivity index (χ0n) is 24.2. The van der Waals surface area contributed by atoms with Crippen molar-refractivity contribution in [3.8, 4) is 0 Å². The van der Waals surface area contributed by atoms with Crippen LogP contribution in [0.15, 0.2) is 30.0 Å². The molecule has 1 aromatic rings. The number of fused-ring (bicyclic) bond motifs is 5. The average Bonchev–Trinajstić information content (AvgIpc) is 3.20. The molecule has 0 aliphatic heterocycles. The molecule has 4 aliphatic carbocycles. The Labute approximate surface area is 227 Å². The molecule has 4 aliphatic rings. The smallest absolute Gasteiger partial charge is 0.113 e. The van der Waals surface area contributed by atoms with Crippen molar-refractivity contribution in [1.29, 1.82) is 0 Å². The number of nitrogen functional groups attached to an aromatic ring is 2. The molecule has 8 atom stereocenters. The van der Waals surface area contributed by atoms with Crippen LogP contribution < -0.4 is 11.5 Å².